The number of fused-ring (bicyclic) bond motifs is 1. The van der Waals surface area contributed by atoms with Gasteiger partial charge in [-0.25, -0.2) is 0 Å². The zero-order chi connectivity index (χ0) is 12.4. The molecule has 100 valence electrons. The van der Waals surface area contributed by atoms with Crippen molar-refractivity contribution in [2.75, 3.05) is 31.1 Å². The van der Waals surface area contributed by atoms with Gasteiger partial charge in [-0.05, 0) is 32.7 Å². The predicted molar refractivity (Wildman–Crippen MR) is 73.9 cm³/mol. The summed E-state index contributed by atoms with van der Waals surface area (Å²) in [6, 6.07) is 0.770. The Hall–Kier alpha value is -1.03. The number of hydrogen-bond acceptors (Lipinski definition) is 3. The summed E-state index contributed by atoms with van der Waals surface area (Å²) >= 11 is 0. The van der Waals surface area contributed by atoms with Crippen molar-refractivity contribution in [3.8, 4) is 0 Å². The fourth-order valence-electron chi connectivity index (χ4n) is 3.29. The summed E-state index contributed by atoms with van der Waals surface area (Å²) in [5, 5.41) is 4.41. The highest BCUT2D eigenvalue weighted by Crippen LogP contribution is 2.24. The van der Waals surface area contributed by atoms with Crippen LogP contribution in [0.5, 0.6) is 0 Å². The SMILES string of the molecule is CCn1cc(N2CCCN3CCCCC3C2)cn1. The van der Waals surface area contributed by atoms with Crippen LogP contribution in [0.15, 0.2) is 12.4 Å². The molecule has 0 radical (unpaired) electrons. The summed E-state index contributed by atoms with van der Waals surface area (Å²) in [6.45, 7) is 8.07. The van der Waals surface area contributed by atoms with E-state index in [1.165, 1.54) is 57.5 Å². The zero-order valence-electron chi connectivity index (χ0n) is 11.4. The first-order valence-corrected chi connectivity index (χ1v) is 7.38. The maximum absolute atomic E-state index is 4.41. The summed E-state index contributed by atoms with van der Waals surface area (Å²) in [6.07, 6.45) is 9.68. The Balaban J connectivity index is 1.72. The minimum atomic E-state index is 0.770. The van der Waals surface area contributed by atoms with Crippen LogP contribution < -0.4 is 4.90 Å². The Labute approximate surface area is 110 Å². The Kier molecular flexibility index (Phi) is 3.55. The van der Waals surface area contributed by atoms with Crippen LogP contribution in [0, 0.1) is 0 Å². The van der Waals surface area contributed by atoms with E-state index in [4.69, 9.17) is 0 Å². The maximum Gasteiger partial charge on any atom is 0.0753 e. The van der Waals surface area contributed by atoms with Crippen molar-refractivity contribution in [1.29, 1.82) is 0 Å². The van der Waals surface area contributed by atoms with Gasteiger partial charge in [-0.15, -0.1) is 0 Å². The second-order valence-corrected chi connectivity index (χ2v) is 5.54. The van der Waals surface area contributed by atoms with Gasteiger partial charge in [-0.1, -0.05) is 6.42 Å². The third-order valence-electron chi connectivity index (χ3n) is 4.36. The smallest absolute Gasteiger partial charge is 0.0753 e. The van der Waals surface area contributed by atoms with Crippen molar-refractivity contribution in [3.05, 3.63) is 12.4 Å². The fourth-order valence-corrected chi connectivity index (χ4v) is 3.29. The molecule has 1 atom stereocenters. The lowest BCUT2D eigenvalue weighted by Crippen LogP contribution is -2.44. The summed E-state index contributed by atoms with van der Waals surface area (Å²) in [4.78, 5) is 5.24. The zero-order valence-corrected chi connectivity index (χ0v) is 11.4. The molecule has 2 saturated heterocycles. The van der Waals surface area contributed by atoms with Gasteiger partial charge in [-0.2, -0.15) is 5.10 Å². The van der Waals surface area contributed by atoms with Gasteiger partial charge in [-0.3, -0.25) is 9.58 Å². The second-order valence-electron chi connectivity index (χ2n) is 5.54. The average Bonchev–Trinajstić information content (AvgIpc) is 2.78. The van der Waals surface area contributed by atoms with Gasteiger partial charge in [0.2, 0.25) is 0 Å². The van der Waals surface area contributed by atoms with Gasteiger partial charge >= 0.3 is 0 Å². The molecule has 3 rings (SSSR count). The molecule has 4 heteroatoms. The fraction of sp³-hybridized carbons (Fsp3) is 0.786. The number of anilines is 1. The van der Waals surface area contributed by atoms with Crippen molar-refractivity contribution in [3.63, 3.8) is 0 Å². The standard InChI is InChI=1S/C14H24N4/c1-2-18-12-14(10-15-18)17-9-5-8-16-7-4-3-6-13(16)11-17/h10,12-13H,2-9,11H2,1H3. The molecule has 3 heterocycles. The topological polar surface area (TPSA) is 24.3 Å². The molecule has 2 aliphatic heterocycles. The normalized spacial score (nSPS) is 25.8. The van der Waals surface area contributed by atoms with Crippen molar-refractivity contribution < 1.29 is 0 Å². The molecule has 1 aromatic rings. The van der Waals surface area contributed by atoms with Gasteiger partial charge in [0.25, 0.3) is 0 Å². The molecular formula is C14H24N4. The van der Waals surface area contributed by atoms with E-state index < -0.39 is 0 Å². The van der Waals surface area contributed by atoms with E-state index in [0.29, 0.717) is 0 Å². The van der Waals surface area contributed by atoms with E-state index in [-0.39, 0.29) is 0 Å². The third kappa shape index (κ3) is 2.39. The number of rotatable bonds is 2. The molecule has 2 fully saturated rings. The van der Waals surface area contributed by atoms with Crippen LogP contribution >= 0.6 is 0 Å². The maximum atomic E-state index is 4.41. The first kappa shape index (κ1) is 12.0. The lowest BCUT2D eigenvalue weighted by atomic mass is 10.0. The quantitative estimate of drug-likeness (QED) is 0.800. The Morgan fingerprint density at radius 1 is 1.22 bits per heavy atom. The Bertz CT molecular complexity index is 387. The molecule has 0 spiro atoms. The van der Waals surface area contributed by atoms with Crippen LogP contribution in [0.3, 0.4) is 0 Å². The number of aromatic nitrogens is 2. The van der Waals surface area contributed by atoms with Crippen molar-refractivity contribution in [1.82, 2.24) is 14.7 Å². The largest absolute Gasteiger partial charge is 0.367 e. The average molecular weight is 248 g/mol. The molecule has 0 saturated carbocycles. The van der Waals surface area contributed by atoms with E-state index in [1.54, 1.807) is 0 Å². The lowest BCUT2D eigenvalue weighted by molar-refractivity contribution is 0.162. The lowest BCUT2D eigenvalue weighted by Gasteiger charge is -2.35. The van der Waals surface area contributed by atoms with E-state index in [1.807, 2.05) is 10.9 Å². The summed E-state index contributed by atoms with van der Waals surface area (Å²) in [7, 11) is 0. The Morgan fingerprint density at radius 3 is 2.94 bits per heavy atom. The van der Waals surface area contributed by atoms with Gasteiger partial charge in [0.05, 0.1) is 11.9 Å². The molecule has 0 N–H and O–H groups in total. The van der Waals surface area contributed by atoms with Crippen LogP contribution in [0.4, 0.5) is 5.69 Å². The van der Waals surface area contributed by atoms with Crippen molar-refractivity contribution in [2.45, 2.75) is 45.2 Å². The Morgan fingerprint density at radius 2 is 2.11 bits per heavy atom. The minimum Gasteiger partial charge on any atom is -0.367 e. The minimum absolute atomic E-state index is 0.770. The van der Waals surface area contributed by atoms with Gasteiger partial charge in [0.1, 0.15) is 0 Å². The monoisotopic (exact) mass is 248 g/mol. The second kappa shape index (κ2) is 5.31. The number of nitrogens with zero attached hydrogens (tertiary/aromatic N) is 4. The van der Waals surface area contributed by atoms with Gasteiger partial charge in [0.15, 0.2) is 0 Å². The number of hydrogen-bond donors (Lipinski definition) is 0. The van der Waals surface area contributed by atoms with Crippen molar-refractivity contribution in [2.24, 2.45) is 0 Å². The third-order valence-corrected chi connectivity index (χ3v) is 4.36. The first-order valence-electron chi connectivity index (χ1n) is 7.38. The molecule has 1 aromatic heterocycles. The highest BCUT2D eigenvalue weighted by atomic mass is 15.3. The molecular weight excluding hydrogens is 224 g/mol. The molecule has 1 unspecified atom stereocenters. The van der Waals surface area contributed by atoms with E-state index in [0.717, 1.165) is 12.6 Å². The first-order chi connectivity index (χ1) is 8.86. The molecule has 0 bridgehead atoms. The van der Waals surface area contributed by atoms with E-state index in [2.05, 4.69) is 28.0 Å². The predicted octanol–water partition coefficient (Wildman–Crippen LogP) is 1.97. The molecule has 0 aliphatic carbocycles. The molecule has 2 aliphatic rings. The van der Waals surface area contributed by atoms with Gasteiger partial charge < -0.3 is 4.90 Å². The number of aryl methyl sites for hydroxylation is 1. The van der Waals surface area contributed by atoms with E-state index in [9.17, 15) is 0 Å². The van der Waals surface area contributed by atoms with Gasteiger partial charge in [0, 0.05) is 38.4 Å². The van der Waals surface area contributed by atoms with Crippen LogP contribution in [0.25, 0.3) is 0 Å². The van der Waals surface area contributed by atoms with Crippen LogP contribution in [-0.4, -0.2) is 46.9 Å². The number of piperidine rings is 1. The van der Waals surface area contributed by atoms with Crippen LogP contribution in [-0.2, 0) is 6.54 Å². The molecule has 4 nitrogen and oxygen atoms in total. The highest BCUT2D eigenvalue weighted by Gasteiger charge is 2.27. The highest BCUT2D eigenvalue weighted by molar-refractivity contribution is 5.42. The molecule has 0 amide bonds. The van der Waals surface area contributed by atoms with Crippen molar-refractivity contribution >= 4 is 5.69 Å². The van der Waals surface area contributed by atoms with E-state index >= 15 is 0 Å². The molecule has 18 heavy (non-hydrogen) atoms. The van der Waals surface area contributed by atoms with Crippen LogP contribution in [0.1, 0.15) is 32.6 Å². The summed E-state index contributed by atoms with van der Waals surface area (Å²) in [5.41, 5.74) is 1.31. The summed E-state index contributed by atoms with van der Waals surface area (Å²) in [5.74, 6) is 0. The van der Waals surface area contributed by atoms with Crippen LogP contribution in [0.2, 0.25) is 0 Å². The molecule has 0 aromatic carbocycles. The summed E-state index contributed by atoms with van der Waals surface area (Å²) < 4.78 is 2.03.